The Labute approximate surface area is 114 Å². The number of benzene rings is 1. The van der Waals surface area contributed by atoms with Crippen LogP contribution in [0.25, 0.3) is 0 Å². The quantitative estimate of drug-likeness (QED) is 0.908. The van der Waals surface area contributed by atoms with E-state index in [1.165, 1.54) is 13.2 Å². The number of methoxy groups -OCH3 is 1. The molecular formula is C12H12ClFN2O3. The van der Waals surface area contributed by atoms with Gasteiger partial charge in [-0.1, -0.05) is 16.8 Å². The van der Waals surface area contributed by atoms with Crippen LogP contribution in [-0.4, -0.2) is 25.0 Å². The number of hydrogen-bond donors (Lipinski definition) is 1. The highest BCUT2D eigenvalue weighted by Gasteiger charge is 2.22. The van der Waals surface area contributed by atoms with Crippen molar-refractivity contribution >= 4 is 29.1 Å². The van der Waals surface area contributed by atoms with Crippen LogP contribution in [0.5, 0.6) is 0 Å². The van der Waals surface area contributed by atoms with Gasteiger partial charge in [-0.05, 0) is 19.1 Å². The smallest absolute Gasteiger partial charge is 0.411 e. The number of amides is 1. The fourth-order valence-corrected chi connectivity index (χ4v) is 1.95. The summed E-state index contributed by atoms with van der Waals surface area (Å²) in [5.74, 6) is -0.647. The van der Waals surface area contributed by atoms with Crippen LogP contribution in [0.4, 0.5) is 14.9 Å². The molecule has 0 aromatic heterocycles. The summed E-state index contributed by atoms with van der Waals surface area (Å²) in [5, 5.41) is 6.37. The molecular weight excluding hydrogens is 275 g/mol. The predicted octanol–water partition coefficient (Wildman–Crippen LogP) is 3.17. The highest BCUT2D eigenvalue weighted by Crippen LogP contribution is 2.28. The molecule has 102 valence electrons. The van der Waals surface area contributed by atoms with E-state index in [-0.39, 0.29) is 16.8 Å². The topological polar surface area (TPSA) is 59.9 Å². The van der Waals surface area contributed by atoms with Crippen molar-refractivity contribution in [3.8, 4) is 0 Å². The lowest BCUT2D eigenvalue weighted by Gasteiger charge is -2.09. The number of rotatable bonds is 2. The predicted molar refractivity (Wildman–Crippen MR) is 69.1 cm³/mol. The van der Waals surface area contributed by atoms with Gasteiger partial charge in [-0.3, -0.25) is 5.32 Å². The third-order valence-corrected chi connectivity index (χ3v) is 2.93. The monoisotopic (exact) mass is 286 g/mol. The maximum Gasteiger partial charge on any atom is 0.411 e. The average molecular weight is 287 g/mol. The maximum absolute atomic E-state index is 13.7. The summed E-state index contributed by atoms with van der Waals surface area (Å²) in [6, 6.07) is 2.53. The summed E-state index contributed by atoms with van der Waals surface area (Å²) in [4.78, 5) is 16.2. The van der Waals surface area contributed by atoms with E-state index >= 15 is 0 Å². The van der Waals surface area contributed by atoms with E-state index in [9.17, 15) is 9.18 Å². The van der Waals surface area contributed by atoms with Crippen molar-refractivity contribution < 1.29 is 18.8 Å². The molecule has 1 aromatic carbocycles. The molecule has 0 saturated heterocycles. The van der Waals surface area contributed by atoms with E-state index in [1.54, 1.807) is 0 Å². The molecule has 0 spiro atoms. The molecule has 1 N–H and O–H groups in total. The molecule has 1 heterocycles. The number of carbonyl (C=O) groups excluding carboxylic acids is 1. The third-order valence-electron chi connectivity index (χ3n) is 2.61. The van der Waals surface area contributed by atoms with Gasteiger partial charge in [0.1, 0.15) is 11.9 Å². The highest BCUT2D eigenvalue weighted by atomic mass is 35.5. The summed E-state index contributed by atoms with van der Waals surface area (Å²) in [6.45, 7) is 1.86. The number of hydrogen-bond acceptors (Lipinski definition) is 4. The fraction of sp³-hybridized carbons (Fsp3) is 0.333. The summed E-state index contributed by atoms with van der Waals surface area (Å²) in [5.41, 5.74) is 1.12. The summed E-state index contributed by atoms with van der Waals surface area (Å²) in [6.07, 6.45) is -0.235. The van der Waals surface area contributed by atoms with E-state index in [2.05, 4.69) is 15.2 Å². The Hall–Kier alpha value is -1.82. The summed E-state index contributed by atoms with van der Waals surface area (Å²) < 4.78 is 18.1. The first-order valence-corrected chi connectivity index (χ1v) is 5.96. The number of oxime groups is 1. The van der Waals surface area contributed by atoms with Crippen LogP contribution in [0.15, 0.2) is 17.3 Å². The van der Waals surface area contributed by atoms with Gasteiger partial charge >= 0.3 is 6.09 Å². The minimum Gasteiger partial charge on any atom is -0.453 e. The van der Waals surface area contributed by atoms with E-state index in [4.69, 9.17) is 16.4 Å². The van der Waals surface area contributed by atoms with Crippen molar-refractivity contribution in [2.75, 3.05) is 12.4 Å². The zero-order chi connectivity index (χ0) is 14.0. The normalized spacial score (nSPS) is 17.7. The molecule has 0 fully saturated rings. The minimum absolute atomic E-state index is 0.0199. The molecule has 0 saturated carbocycles. The van der Waals surface area contributed by atoms with Crippen LogP contribution in [0.3, 0.4) is 0 Å². The van der Waals surface area contributed by atoms with Crippen molar-refractivity contribution in [1.82, 2.24) is 0 Å². The van der Waals surface area contributed by atoms with Crippen molar-refractivity contribution in [2.45, 2.75) is 19.4 Å². The van der Waals surface area contributed by atoms with Crippen LogP contribution in [0.1, 0.15) is 18.9 Å². The Kier molecular flexibility index (Phi) is 3.90. The lowest BCUT2D eigenvalue weighted by Crippen LogP contribution is -2.13. The molecule has 1 amide bonds. The van der Waals surface area contributed by atoms with Gasteiger partial charge in [0.25, 0.3) is 0 Å². The zero-order valence-electron chi connectivity index (χ0n) is 10.4. The van der Waals surface area contributed by atoms with Crippen LogP contribution >= 0.6 is 11.6 Å². The fourth-order valence-electron chi connectivity index (χ4n) is 1.69. The standard InChI is InChI=1S/C12H12ClFN2O3/c1-6-3-10(16-19-6)7-4-11(15-12(17)18-2)9(14)5-8(7)13/h4-6H,3H2,1-2H3,(H,15,17). The highest BCUT2D eigenvalue weighted by molar-refractivity contribution is 6.34. The molecule has 0 radical (unpaired) electrons. The van der Waals surface area contributed by atoms with Crippen molar-refractivity contribution in [1.29, 1.82) is 0 Å². The summed E-state index contributed by atoms with van der Waals surface area (Å²) in [7, 11) is 1.20. The molecule has 0 aliphatic carbocycles. The van der Waals surface area contributed by atoms with Gasteiger partial charge in [-0.25, -0.2) is 9.18 Å². The SMILES string of the molecule is COC(=O)Nc1cc(C2=NOC(C)C2)c(Cl)cc1F. The first-order chi connectivity index (χ1) is 9.01. The number of carbonyl (C=O) groups is 1. The molecule has 7 heteroatoms. The molecule has 1 atom stereocenters. The Bertz CT molecular complexity index is 548. The molecule has 1 aromatic rings. The van der Waals surface area contributed by atoms with Gasteiger partial charge in [0, 0.05) is 12.0 Å². The number of nitrogens with one attached hydrogen (secondary N) is 1. The Balaban J connectivity index is 2.34. The van der Waals surface area contributed by atoms with Crippen LogP contribution < -0.4 is 5.32 Å². The number of ether oxygens (including phenoxy) is 1. The minimum atomic E-state index is -0.759. The van der Waals surface area contributed by atoms with Gasteiger partial charge < -0.3 is 9.57 Å². The second kappa shape index (κ2) is 5.44. The Morgan fingerprint density at radius 3 is 2.95 bits per heavy atom. The van der Waals surface area contributed by atoms with Crippen molar-refractivity contribution in [2.24, 2.45) is 5.16 Å². The second-order valence-electron chi connectivity index (χ2n) is 4.09. The molecule has 0 bridgehead atoms. The lowest BCUT2D eigenvalue weighted by molar-refractivity contribution is 0.0995. The zero-order valence-corrected chi connectivity index (χ0v) is 11.1. The van der Waals surface area contributed by atoms with Crippen molar-refractivity contribution in [3.05, 3.63) is 28.5 Å². The average Bonchev–Trinajstić information content (AvgIpc) is 2.79. The first-order valence-electron chi connectivity index (χ1n) is 5.58. The largest absolute Gasteiger partial charge is 0.453 e. The molecule has 19 heavy (non-hydrogen) atoms. The van der Waals surface area contributed by atoms with E-state index in [0.717, 1.165) is 6.07 Å². The number of anilines is 1. The van der Waals surface area contributed by atoms with Crippen molar-refractivity contribution in [3.63, 3.8) is 0 Å². The van der Waals surface area contributed by atoms with E-state index < -0.39 is 11.9 Å². The molecule has 5 nitrogen and oxygen atoms in total. The molecule has 2 rings (SSSR count). The van der Waals surface area contributed by atoms with Gasteiger partial charge in [0.2, 0.25) is 0 Å². The van der Waals surface area contributed by atoms with Crippen LogP contribution in [0.2, 0.25) is 5.02 Å². The van der Waals surface area contributed by atoms with E-state index in [0.29, 0.717) is 17.7 Å². The molecule has 1 aliphatic rings. The van der Waals surface area contributed by atoms with Crippen LogP contribution in [-0.2, 0) is 9.57 Å². The maximum atomic E-state index is 13.7. The number of nitrogens with zero attached hydrogens (tertiary/aromatic N) is 1. The lowest BCUT2D eigenvalue weighted by atomic mass is 10.0. The molecule has 1 aliphatic heterocycles. The van der Waals surface area contributed by atoms with Gasteiger partial charge in [-0.2, -0.15) is 0 Å². The second-order valence-corrected chi connectivity index (χ2v) is 4.49. The van der Waals surface area contributed by atoms with Gasteiger partial charge in [0.15, 0.2) is 0 Å². The van der Waals surface area contributed by atoms with Gasteiger partial charge in [0.05, 0.1) is 23.5 Å². The third kappa shape index (κ3) is 2.96. The van der Waals surface area contributed by atoms with E-state index in [1.807, 2.05) is 6.92 Å². The summed E-state index contributed by atoms with van der Waals surface area (Å²) >= 11 is 5.98. The first kappa shape index (κ1) is 13.6. The Morgan fingerprint density at radius 2 is 2.37 bits per heavy atom. The number of halogens is 2. The Morgan fingerprint density at radius 1 is 1.63 bits per heavy atom. The van der Waals surface area contributed by atoms with Crippen LogP contribution in [0, 0.1) is 5.82 Å². The molecule has 1 unspecified atom stereocenters. The van der Waals surface area contributed by atoms with Gasteiger partial charge in [-0.15, -0.1) is 0 Å².